The summed E-state index contributed by atoms with van der Waals surface area (Å²) in [4.78, 5) is 0. The maximum Gasteiger partial charge on any atom is 0.0428 e. The van der Waals surface area contributed by atoms with E-state index in [9.17, 15) is 0 Å². The fourth-order valence-electron chi connectivity index (χ4n) is 3.02. The molecule has 0 atom stereocenters. The van der Waals surface area contributed by atoms with Gasteiger partial charge >= 0.3 is 0 Å². The molecule has 0 amide bonds. The highest BCUT2D eigenvalue weighted by Gasteiger charge is 2.33. The number of hydrogen-bond acceptors (Lipinski definition) is 1. The van der Waals surface area contributed by atoms with Gasteiger partial charge in [-0.05, 0) is 35.7 Å². The Hall–Kier alpha value is -1.76. The predicted molar refractivity (Wildman–Crippen MR) is 73.0 cm³/mol. The van der Waals surface area contributed by atoms with Crippen molar-refractivity contribution in [2.45, 2.75) is 26.2 Å². The highest BCUT2D eigenvalue weighted by atomic mass is 14.9. The number of nitrogens with one attached hydrogen (secondary N) is 1. The quantitative estimate of drug-likeness (QED) is 0.699. The first kappa shape index (κ1) is 10.4. The van der Waals surface area contributed by atoms with Gasteiger partial charge in [-0.2, -0.15) is 0 Å². The normalized spacial score (nSPS) is 15.7. The SMILES string of the molecule is Cc1cccc2c1C(C)(C)c1ccccc1N2. The van der Waals surface area contributed by atoms with Crippen LogP contribution in [0.25, 0.3) is 0 Å². The number of anilines is 2. The molecular formula is C16H17N. The molecule has 0 radical (unpaired) electrons. The van der Waals surface area contributed by atoms with E-state index in [1.165, 1.54) is 28.1 Å². The lowest BCUT2D eigenvalue weighted by molar-refractivity contribution is 0.633. The molecule has 1 nitrogen and oxygen atoms in total. The van der Waals surface area contributed by atoms with Crippen molar-refractivity contribution in [2.75, 3.05) is 5.32 Å². The largest absolute Gasteiger partial charge is 0.355 e. The van der Waals surface area contributed by atoms with E-state index in [1.807, 2.05) is 0 Å². The Labute approximate surface area is 102 Å². The number of benzene rings is 2. The molecule has 1 N–H and O–H groups in total. The molecule has 17 heavy (non-hydrogen) atoms. The Morgan fingerprint density at radius 1 is 0.882 bits per heavy atom. The summed E-state index contributed by atoms with van der Waals surface area (Å²) in [7, 11) is 0. The van der Waals surface area contributed by atoms with Gasteiger partial charge in [0.2, 0.25) is 0 Å². The molecule has 0 saturated carbocycles. The standard InChI is InChI=1S/C16H17N/c1-11-7-6-10-14-15(11)16(2,3)12-8-4-5-9-13(12)17-14/h4-10,17H,1-3H3. The zero-order chi connectivity index (χ0) is 12.0. The van der Waals surface area contributed by atoms with Gasteiger partial charge in [0.05, 0.1) is 0 Å². The third-order valence-electron chi connectivity index (χ3n) is 3.77. The third-order valence-corrected chi connectivity index (χ3v) is 3.77. The van der Waals surface area contributed by atoms with Crippen molar-refractivity contribution in [3.63, 3.8) is 0 Å². The van der Waals surface area contributed by atoms with Gasteiger partial charge in [-0.15, -0.1) is 0 Å². The zero-order valence-corrected chi connectivity index (χ0v) is 10.5. The molecule has 3 rings (SSSR count). The lowest BCUT2D eigenvalue weighted by atomic mass is 9.73. The fraction of sp³-hybridized carbons (Fsp3) is 0.250. The predicted octanol–water partition coefficient (Wildman–Crippen LogP) is 4.38. The number of fused-ring (bicyclic) bond motifs is 2. The van der Waals surface area contributed by atoms with Crippen LogP contribution < -0.4 is 5.32 Å². The summed E-state index contributed by atoms with van der Waals surface area (Å²) in [5.41, 5.74) is 6.70. The molecule has 0 aliphatic carbocycles. The van der Waals surface area contributed by atoms with Gasteiger partial charge in [-0.3, -0.25) is 0 Å². The molecule has 1 aliphatic heterocycles. The van der Waals surface area contributed by atoms with Gasteiger partial charge in [0, 0.05) is 16.8 Å². The lowest BCUT2D eigenvalue weighted by Gasteiger charge is -2.36. The molecule has 1 heteroatoms. The Balaban J connectivity index is 2.32. The van der Waals surface area contributed by atoms with Crippen molar-refractivity contribution in [2.24, 2.45) is 0 Å². The molecule has 1 aliphatic rings. The van der Waals surface area contributed by atoms with E-state index in [-0.39, 0.29) is 5.41 Å². The summed E-state index contributed by atoms with van der Waals surface area (Å²) in [6.07, 6.45) is 0. The van der Waals surface area contributed by atoms with Crippen molar-refractivity contribution in [3.05, 3.63) is 59.2 Å². The molecule has 2 aromatic rings. The molecule has 2 aromatic carbocycles. The smallest absolute Gasteiger partial charge is 0.0428 e. The lowest BCUT2D eigenvalue weighted by Crippen LogP contribution is -2.26. The van der Waals surface area contributed by atoms with Gasteiger partial charge in [-0.25, -0.2) is 0 Å². The minimum atomic E-state index is 0.0719. The fourth-order valence-corrected chi connectivity index (χ4v) is 3.02. The van der Waals surface area contributed by atoms with E-state index in [0.717, 1.165) is 0 Å². The van der Waals surface area contributed by atoms with E-state index in [4.69, 9.17) is 0 Å². The highest BCUT2D eigenvalue weighted by Crippen LogP contribution is 2.46. The maximum absolute atomic E-state index is 3.54. The summed E-state index contributed by atoms with van der Waals surface area (Å²) in [5, 5.41) is 3.54. The monoisotopic (exact) mass is 223 g/mol. The van der Waals surface area contributed by atoms with Crippen LogP contribution in [0.4, 0.5) is 11.4 Å². The van der Waals surface area contributed by atoms with Crippen LogP contribution in [0.2, 0.25) is 0 Å². The second kappa shape index (κ2) is 3.36. The zero-order valence-electron chi connectivity index (χ0n) is 10.5. The number of rotatable bonds is 0. The van der Waals surface area contributed by atoms with E-state index < -0.39 is 0 Å². The van der Waals surface area contributed by atoms with Crippen LogP contribution in [0, 0.1) is 6.92 Å². The van der Waals surface area contributed by atoms with Gasteiger partial charge in [0.25, 0.3) is 0 Å². The highest BCUT2D eigenvalue weighted by molar-refractivity contribution is 5.76. The average Bonchev–Trinajstić information content (AvgIpc) is 2.28. The first-order valence-electron chi connectivity index (χ1n) is 6.07. The van der Waals surface area contributed by atoms with Gasteiger partial charge in [0.15, 0.2) is 0 Å². The molecular weight excluding hydrogens is 206 g/mol. The van der Waals surface area contributed by atoms with Crippen molar-refractivity contribution in [1.29, 1.82) is 0 Å². The van der Waals surface area contributed by atoms with Crippen LogP contribution in [0.3, 0.4) is 0 Å². The summed E-state index contributed by atoms with van der Waals surface area (Å²) >= 11 is 0. The second-order valence-electron chi connectivity index (χ2n) is 5.29. The van der Waals surface area contributed by atoms with Gasteiger partial charge in [-0.1, -0.05) is 44.2 Å². The molecule has 86 valence electrons. The molecule has 0 bridgehead atoms. The maximum atomic E-state index is 3.54. The Morgan fingerprint density at radius 3 is 2.41 bits per heavy atom. The van der Waals surface area contributed by atoms with Crippen molar-refractivity contribution in [3.8, 4) is 0 Å². The first-order chi connectivity index (χ1) is 8.10. The molecule has 0 unspecified atom stereocenters. The third kappa shape index (κ3) is 1.39. The Bertz CT molecular complexity index is 582. The van der Waals surface area contributed by atoms with E-state index >= 15 is 0 Å². The molecule has 0 fully saturated rings. The minimum Gasteiger partial charge on any atom is -0.355 e. The van der Waals surface area contributed by atoms with Crippen LogP contribution in [0.5, 0.6) is 0 Å². The average molecular weight is 223 g/mol. The van der Waals surface area contributed by atoms with E-state index in [2.05, 4.69) is 68.6 Å². The number of para-hydroxylation sites is 1. The Morgan fingerprint density at radius 2 is 1.59 bits per heavy atom. The van der Waals surface area contributed by atoms with Crippen LogP contribution >= 0.6 is 0 Å². The molecule has 0 aromatic heterocycles. The number of aryl methyl sites for hydroxylation is 1. The van der Waals surface area contributed by atoms with E-state index in [0.29, 0.717) is 0 Å². The molecule has 0 spiro atoms. The summed E-state index contributed by atoms with van der Waals surface area (Å²) in [6.45, 7) is 6.80. The van der Waals surface area contributed by atoms with Crippen molar-refractivity contribution < 1.29 is 0 Å². The van der Waals surface area contributed by atoms with Crippen LogP contribution in [0.1, 0.15) is 30.5 Å². The van der Waals surface area contributed by atoms with E-state index in [1.54, 1.807) is 0 Å². The number of hydrogen-bond donors (Lipinski definition) is 1. The van der Waals surface area contributed by atoms with Crippen molar-refractivity contribution in [1.82, 2.24) is 0 Å². The van der Waals surface area contributed by atoms with Crippen LogP contribution in [-0.2, 0) is 5.41 Å². The minimum absolute atomic E-state index is 0.0719. The summed E-state index contributed by atoms with van der Waals surface area (Å²) in [5.74, 6) is 0. The van der Waals surface area contributed by atoms with Crippen LogP contribution in [0.15, 0.2) is 42.5 Å². The molecule has 1 heterocycles. The summed E-state index contributed by atoms with van der Waals surface area (Å²) < 4.78 is 0. The van der Waals surface area contributed by atoms with Gasteiger partial charge < -0.3 is 5.32 Å². The van der Waals surface area contributed by atoms with Crippen LogP contribution in [-0.4, -0.2) is 0 Å². The topological polar surface area (TPSA) is 12.0 Å². The Kier molecular flexibility index (Phi) is 2.06. The first-order valence-corrected chi connectivity index (χ1v) is 6.07. The van der Waals surface area contributed by atoms with Gasteiger partial charge in [0.1, 0.15) is 0 Å². The molecule has 0 saturated heterocycles. The van der Waals surface area contributed by atoms with Crippen molar-refractivity contribution >= 4 is 11.4 Å². The summed E-state index contributed by atoms with van der Waals surface area (Å²) in [6, 6.07) is 15.1. The second-order valence-corrected chi connectivity index (χ2v) is 5.29.